The minimum atomic E-state index is -1.31. The summed E-state index contributed by atoms with van der Waals surface area (Å²) >= 11 is 0. The van der Waals surface area contributed by atoms with Crippen LogP contribution in [0, 0.1) is 11.8 Å². The van der Waals surface area contributed by atoms with E-state index in [1.54, 1.807) is 26.0 Å². The third-order valence-electron chi connectivity index (χ3n) is 4.49. The molecule has 2 aliphatic rings. The fourth-order valence-corrected chi connectivity index (χ4v) is 2.99. The van der Waals surface area contributed by atoms with Crippen molar-refractivity contribution in [3.05, 3.63) is 35.5 Å². The molecule has 0 aromatic carbocycles. The first-order valence-corrected chi connectivity index (χ1v) is 8.37. The summed E-state index contributed by atoms with van der Waals surface area (Å²) < 4.78 is 10.7. The number of hydrogen-bond acceptors (Lipinski definition) is 6. The number of aldehydes is 1. The second-order valence-corrected chi connectivity index (χ2v) is 6.80. The van der Waals surface area contributed by atoms with Crippen molar-refractivity contribution in [3.63, 3.8) is 0 Å². The molecule has 6 heteroatoms. The van der Waals surface area contributed by atoms with Gasteiger partial charge in [0.25, 0.3) is 0 Å². The van der Waals surface area contributed by atoms with Crippen molar-refractivity contribution in [2.24, 2.45) is 11.8 Å². The molecule has 1 N–H and O–H groups in total. The Morgan fingerprint density at radius 1 is 1.48 bits per heavy atom. The SMILES string of the molecule is C=C1C(=O)O[C@@H]2/C=C(\C)CC/C=C(/C=O)[C@@H](OC(=O)C(C)C)[C@@H](O)[C@@H]12. The Labute approximate surface area is 147 Å². The fraction of sp³-hybridized carbons (Fsp3) is 0.526. The highest BCUT2D eigenvalue weighted by Crippen LogP contribution is 2.35. The Kier molecular flexibility index (Phi) is 5.95. The van der Waals surface area contributed by atoms with Crippen LogP contribution in [0.2, 0.25) is 0 Å². The number of allylic oxidation sites excluding steroid dienone is 2. The van der Waals surface area contributed by atoms with E-state index in [2.05, 4.69) is 6.58 Å². The summed E-state index contributed by atoms with van der Waals surface area (Å²) in [7, 11) is 0. The van der Waals surface area contributed by atoms with Gasteiger partial charge in [-0.1, -0.05) is 32.1 Å². The third-order valence-corrected chi connectivity index (χ3v) is 4.49. The average Bonchev–Trinajstić information content (AvgIpc) is 2.82. The van der Waals surface area contributed by atoms with E-state index in [1.807, 2.05) is 6.92 Å². The third kappa shape index (κ3) is 4.07. The van der Waals surface area contributed by atoms with Crippen LogP contribution in [0.3, 0.4) is 0 Å². The van der Waals surface area contributed by atoms with Gasteiger partial charge < -0.3 is 14.6 Å². The molecule has 0 spiro atoms. The fourth-order valence-electron chi connectivity index (χ4n) is 2.99. The Bertz CT molecular complexity index is 642. The molecule has 136 valence electrons. The van der Waals surface area contributed by atoms with Crippen molar-refractivity contribution >= 4 is 18.2 Å². The number of hydrogen-bond donors (Lipinski definition) is 1. The van der Waals surface area contributed by atoms with Crippen LogP contribution < -0.4 is 0 Å². The van der Waals surface area contributed by atoms with E-state index in [0.717, 1.165) is 5.57 Å². The number of carbonyl (C=O) groups excluding carboxylic acids is 3. The molecule has 1 fully saturated rings. The van der Waals surface area contributed by atoms with Crippen molar-refractivity contribution < 1.29 is 29.0 Å². The van der Waals surface area contributed by atoms with Gasteiger partial charge in [-0.3, -0.25) is 9.59 Å². The predicted octanol–water partition coefficient (Wildman–Crippen LogP) is 1.88. The predicted molar refractivity (Wildman–Crippen MR) is 90.4 cm³/mol. The van der Waals surface area contributed by atoms with Crippen LogP contribution in [0.1, 0.15) is 33.6 Å². The zero-order valence-electron chi connectivity index (χ0n) is 14.7. The molecule has 0 amide bonds. The van der Waals surface area contributed by atoms with Gasteiger partial charge in [-0.05, 0) is 25.8 Å². The molecule has 0 unspecified atom stereocenters. The highest BCUT2D eigenvalue weighted by atomic mass is 16.6. The number of aliphatic hydroxyl groups excluding tert-OH is 1. The molecule has 1 aliphatic carbocycles. The molecule has 1 heterocycles. The van der Waals surface area contributed by atoms with Gasteiger partial charge in [0.2, 0.25) is 0 Å². The van der Waals surface area contributed by atoms with Gasteiger partial charge in [0.15, 0.2) is 6.10 Å². The number of fused-ring (bicyclic) bond motifs is 1. The van der Waals surface area contributed by atoms with Crippen molar-refractivity contribution in [2.45, 2.75) is 51.9 Å². The number of aliphatic hydroxyl groups is 1. The molecule has 1 saturated heterocycles. The van der Waals surface area contributed by atoms with Crippen LogP contribution in [0.15, 0.2) is 35.5 Å². The van der Waals surface area contributed by atoms with Crippen LogP contribution in [-0.2, 0) is 23.9 Å². The normalized spacial score (nSPS) is 34.3. The molecule has 6 nitrogen and oxygen atoms in total. The standard InChI is InChI=1S/C19H24O6/c1-10(2)18(22)25-17-13(9-20)7-5-6-11(3)8-14-15(16(17)21)12(4)19(23)24-14/h7-10,14-17,21H,4-6H2,1-3H3/b11-8+,13-7-/t14-,15+,16+,17-/m1/s1. The molecular formula is C19H24O6. The smallest absolute Gasteiger partial charge is 0.334 e. The molecule has 0 saturated carbocycles. The maximum absolute atomic E-state index is 12.1. The molecule has 2 rings (SSSR count). The van der Waals surface area contributed by atoms with Crippen molar-refractivity contribution in [1.29, 1.82) is 0 Å². The molecule has 4 atom stereocenters. The van der Waals surface area contributed by atoms with Crippen LogP contribution >= 0.6 is 0 Å². The van der Waals surface area contributed by atoms with Gasteiger partial charge in [-0.2, -0.15) is 0 Å². The molecular weight excluding hydrogens is 324 g/mol. The van der Waals surface area contributed by atoms with Crippen LogP contribution in [0.25, 0.3) is 0 Å². The number of rotatable bonds is 3. The van der Waals surface area contributed by atoms with Crippen LogP contribution in [-0.4, -0.2) is 41.6 Å². The monoisotopic (exact) mass is 348 g/mol. The summed E-state index contributed by atoms with van der Waals surface area (Å²) in [6.07, 6.45) is 2.05. The summed E-state index contributed by atoms with van der Waals surface area (Å²) in [5.74, 6) is -2.33. The first kappa shape index (κ1) is 19.1. The van der Waals surface area contributed by atoms with Gasteiger partial charge in [-0.25, -0.2) is 4.79 Å². The summed E-state index contributed by atoms with van der Waals surface area (Å²) in [6.45, 7) is 8.93. The van der Waals surface area contributed by atoms with E-state index in [0.29, 0.717) is 19.1 Å². The van der Waals surface area contributed by atoms with Gasteiger partial charge in [0.1, 0.15) is 18.5 Å². The maximum atomic E-state index is 12.1. The average molecular weight is 348 g/mol. The van der Waals surface area contributed by atoms with E-state index in [9.17, 15) is 19.5 Å². The minimum absolute atomic E-state index is 0.109. The quantitative estimate of drug-likeness (QED) is 0.362. The second-order valence-electron chi connectivity index (χ2n) is 6.80. The van der Waals surface area contributed by atoms with Crippen molar-refractivity contribution in [1.82, 2.24) is 0 Å². The highest BCUT2D eigenvalue weighted by Gasteiger charge is 2.46. The molecule has 0 bridgehead atoms. The lowest BCUT2D eigenvalue weighted by Gasteiger charge is -2.30. The molecule has 25 heavy (non-hydrogen) atoms. The van der Waals surface area contributed by atoms with Crippen molar-refractivity contribution in [2.75, 3.05) is 0 Å². The molecule has 0 aromatic heterocycles. The summed E-state index contributed by atoms with van der Waals surface area (Å²) in [5.41, 5.74) is 1.27. The molecule has 1 aliphatic heterocycles. The van der Waals surface area contributed by atoms with E-state index in [-0.39, 0.29) is 11.1 Å². The van der Waals surface area contributed by atoms with Crippen LogP contribution in [0.5, 0.6) is 0 Å². The number of carbonyl (C=O) groups is 3. The van der Waals surface area contributed by atoms with Crippen LogP contribution in [0.4, 0.5) is 0 Å². The lowest BCUT2D eigenvalue weighted by Crippen LogP contribution is -2.42. The first-order valence-electron chi connectivity index (χ1n) is 8.37. The highest BCUT2D eigenvalue weighted by molar-refractivity contribution is 5.91. The van der Waals surface area contributed by atoms with E-state index >= 15 is 0 Å². The lowest BCUT2D eigenvalue weighted by atomic mass is 9.84. The Morgan fingerprint density at radius 3 is 2.76 bits per heavy atom. The minimum Gasteiger partial charge on any atom is -0.454 e. The summed E-state index contributed by atoms with van der Waals surface area (Å²) in [4.78, 5) is 35.5. The second kappa shape index (κ2) is 7.78. The van der Waals surface area contributed by atoms with E-state index in [1.165, 1.54) is 0 Å². The van der Waals surface area contributed by atoms with E-state index < -0.39 is 42.1 Å². The van der Waals surface area contributed by atoms with Gasteiger partial charge >= 0.3 is 11.9 Å². The largest absolute Gasteiger partial charge is 0.454 e. The van der Waals surface area contributed by atoms with Crippen molar-refractivity contribution in [3.8, 4) is 0 Å². The van der Waals surface area contributed by atoms with E-state index in [4.69, 9.17) is 9.47 Å². The Morgan fingerprint density at radius 2 is 2.16 bits per heavy atom. The Hall–Kier alpha value is -2.21. The van der Waals surface area contributed by atoms with Gasteiger partial charge in [-0.15, -0.1) is 0 Å². The zero-order chi connectivity index (χ0) is 18.7. The molecule has 0 aromatic rings. The topological polar surface area (TPSA) is 89.9 Å². The number of esters is 2. The molecule has 0 radical (unpaired) electrons. The first-order chi connectivity index (χ1) is 11.8. The maximum Gasteiger partial charge on any atom is 0.334 e. The Balaban J connectivity index is 2.46. The van der Waals surface area contributed by atoms with Gasteiger partial charge in [0.05, 0.1) is 11.8 Å². The van der Waals surface area contributed by atoms with Gasteiger partial charge in [0, 0.05) is 11.1 Å². The lowest BCUT2D eigenvalue weighted by molar-refractivity contribution is -0.158. The summed E-state index contributed by atoms with van der Waals surface area (Å²) in [5, 5.41) is 10.9. The number of ether oxygens (including phenoxy) is 2. The zero-order valence-corrected chi connectivity index (χ0v) is 14.7. The summed E-state index contributed by atoms with van der Waals surface area (Å²) in [6, 6.07) is 0.